The highest BCUT2D eigenvalue weighted by Gasteiger charge is 1.99. The van der Waals surface area contributed by atoms with Gasteiger partial charge in [-0.1, -0.05) is 18.2 Å². The van der Waals surface area contributed by atoms with Crippen LogP contribution in [-0.4, -0.2) is 4.98 Å². The Bertz CT molecular complexity index is 547. The van der Waals surface area contributed by atoms with Crippen LogP contribution in [0.15, 0.2) is 39.9 Å². The molecule has 1 N–H and O–H groups in total. The summed E-state index contributed by atoms with van der Waals surface area (Å²) in [4.78, 5) is 25.8. The van der Waals surface area contributed by atoms with Crippen molar-refractivity contribution in [3.05, 3.63) is 56.6 Å². The van der Waals surface area contributed by atoms with Crippen LogP contribution in [-0.2, 0) is 0 Å². The van der Waals surface area contributed by atoms with E-state index in [9.17, 15) is 9.59 Å². The molecule has 3 heteroatoms. The van der Waals surface area contributed by atoms with E-state index in [1.807, 2.05) is 0 Å². The lowest BCUT2D eigenvalue weighted by molar-refractivity contribution is 1.18. The predicted molar refractivity (Wildman–Crippen MR) is 55.6 cm³/mol. The number of hydrogen-bond acceptors (Lipinski definition) is 2. The molecule has 0 unspecified atom stereocenters. The van der Waals surface area contributed by atoms with Gasteiger partial charge in [-0.3, -0.25) is 9.59 Å². The first-order valence-corrected chi connectivity index (χ1v) is 4.31. The smallest absolute Gasteiger partial charge is 0.256 e. The quantitative estimate of drug-likeness (QED) is 0.673. The Morgan fingerprint density at radius 1 is 1.07 bits per heavy atom. The zero-order valence-electron chi connectivity index (χ0n) is 7.70. The zero-order chi connectivity index (χ0) is 10.1. The van der Waals surface area contributed by atoms with Crippen LogP contribution < -0.4 is 11.0 Å². The van der Waals surface area contributed by atoms with Gasteiger partial charge in [-0.2, -0.15) is 0 Å². The first-order valence-electron chi connectivity index (χ1n) is 4.31. The van der Waals surface area contributed by atoms with E-state index >= 15 is 0 Å². The van der Waals surface area contributed by atoms with Crippen molar-refractivity contribution in [2.45, 2.75) is 6.92 Å². The van der Waals surface area contributed by atoms with Gasteiger partial charge in [-0.25, -0.2) is 0 Å². The van der Waals surface area contributed by atoms with Crippen LogP contribution in [0.2, 0.25) is 0 Å². The van der Waals surface area contributed by atoms with E-state index in [1.54, 1.807) is 31.2 Å². The Kier molecular flexibility index (Phi) is 1.93. The van der Waals surface area contributed by atoms with Gasteiger partial charge in [0, 0.05) is 17.1 Å². The first kappa shape index (κ1) is 8.69. The molecule has 0 spiro atoms. The number of hydrogen-bond donors (Lipinski definition) is 1. The monoisotopic (exact) mass is 187 g/mol. The van der Waals surface area contributed by atoms with Gasteiger partial charge in [0.1, 0.15) is 0 Å². The summed E-state index contributed by atoms with van der Waals surface area (Å²) in [5.41, 5.74) is 0.229. The zero-order valence-corrected chi connectivity index (χ0v) is 7.70. The summed E-state index contributed by atoms with van der Waals surface area (Å²) in [6.45, 7) is 1.70. The minimum atomic E-state index is -0.222. The molecule has 2 rings (SSSR count). The lowest BCUT2D eigenvalue weighted by atomic mass is 10.2. The minimum absolute atomic E-state index is 0.128. The molecule has 0 saturated heterocycles. The van der Waals surface area contributed by atoms with E-state index in [4.69, 9.17) is 0 Å². The third-order valence-corrected chi connectivity index (χ3v) is 2.10. The van der Waals surface area contributed by atoms with E-state index in [0.717, 1.165) is 0 Å². The molecule has 1 heterocycles. The maximum absolute atomic E-state index is 11.6. The predicted octanol–water partition coefficient (Wildman–Crippen LogP) is 1.20. The van der Waals surface area contributed by atoms with Crippen LogP contribution in [0.5, 0.6) is 0 Å². The van der Waals surface area contributed by atoms with E-state index in [0.29, 0.717) is 16.5 Å². The molecule has 0 aliphatic carbocycles. The summed E-state index contributed by atoms with van der Waals surface area (Å²) in [7, 11) is 0. The first-order chi connectivity index (χ1) is 6.68. The molecule has 0 radical (unpaired) electrons. The van der Waals surface area contributed by atoms with Crippen molar-refractivity contribution in [1.29, 1.82) is 0 Å². The SMILES string of the molecule is Cc1cc(=O)c2ccccc2c(=O)[nH]1. The summed E-state index contributed by atoms with van der Waals surface area (Å²) in [6.07, 6.45) is 0. The van der Waals surface area contributed by atoms with Crippen molar-refractivity contribution in [2.24, 2.45) is 0 Å². The van der Waals surface area contributed by atoms with E-state index < -0.39 is 0 Å². The molecule has 2 aromatic rings. The Morgan fingerprint density at radius 3 is 2.43 bits per heavy atom. The fourth-order valence-corrected chi connectivity index (χ4v) is 1.45. The van der Waals surface area contributed by atoms with Crippen LogP contribution in [0.25, 0.3) is 10.8 Å². The second-order valence-corrected chi connectivity index (χ2v) is 3.19. The normalized spacial score (nSPS) is 10.4. The molecule has 0 bridgehead atoms. The molecule has 70 valence electrons. The van der Waals surface area contributed by atoms with E-state index in [2.05, 4.69) is 4.98 Å². The van der Waals surface area contributed by atoms with Gasteiger partial charge in [-0.15, -0.1) is 0 Å². The summed E-state index contributed by atoms with van der Waals surface area (Å²) < 4.78 is 0. The van der Waals surface area contributed by atoms with Crippen molar-refractivity contribution < 1.29 is 0 Å². The molecule has 14 heavy (non-hydrogen) atoms. The standard InChI is InChI=1S/C11H9NO2/c1-7-6-10(13)8-4-2-3-5-9(8)11(14)12-7/h2-6H,1H3,(H,12,14). The Balaban J connectivity index is 3.18. The van der Waals surface area contributed by atoms with Crippen molar-refractivity contribution >= 4 is 10.8 Å². The highest BCUT2D eigenvalue weighted by Crippen LogP contribution is 2.02. The fraction of sp³-hybridized carbons (Fsp3) is 0.0909. The molecule has 0 atom stereocenters. The topological polar surface area (TPSA) is 49.9 Å². The van der Waals surface area contributed by atoms with Crippen LogP contribution in [0.3, 0.4) is 0 Å². The summed E-state index contributed by atoms with van der Waals surface area (Å²) in [5, 5.41) is 0.896. The lowest BCUT2D eigenvalue weighted by Crippen LogP contribution is -2.03. The highest BCUT2D eigenvalue weighted by molar-refractivity contribution is 5.80. The van der Waals surface area contributed by atoms with Crippen LogP contribution in [0.4, 0.5) is 0 Å². The van der Waals surface area contributed by atoms with Gasteiger partial charge in [0.2, 0.25) is 0 Å². The minimum Gasteiger partial charge on any atom is -0.326 e. The number of fused-ring (bicyclic) bond motifs is 1. The number of aromatic nitrogens is 1. The largest absolute Gasteiger partial charge is 0.326 e. The third-order valence-electron chi connectivity index (χ3n) is 2.10. The molecule has 0 fully saturated rings. The molecule has 0 amide bonds. The maximum atomic E-state index is 11.6. The highest BCUT2D eigenvalue weighted by atomic mass is 16.1. The van der Waals surface area contributed by atoms with Gasteiger partial charge in [0.15, 0.2) is 5.43 Å². The second-order valence-electron chi connectivity index (χ2n) is 3.19. The molecule has 3 nitrogen and oxygen atoms in total. The van der Waals surface area contributed by atoms with Crippen molar-refractivity contribution in [1.82, 2.24) is 4.98 Å². The number of nitrogens with one attached hydrogen (secondary N) is 1. The van der Waals surface area contributed by atoms with Gasteiger partial charge in [0.05, 0.1) is 5.39 Å². The Morgan fingerprint density at radius 2 is 1.71 bits per heavy atom. The summed E-state index contributed by atoms with van der Waals surface area (Å²) in [6, 6.07) is 8.23. The molecule has 0 aliphatic rings. The van der Waals surface area contributed by atoms with Gasteiger partial charge < -0.3 is 4.98 Å². The van der Waals surface area contributed by atoms with Crippen LogP contribution in [0, 0.1) is 6.92 Å². The maximum Gasteiger partial charge on any atom is 0.256 e. The molecule has 1 aromatic carbocycles. The number of aryl methyl sites for hydroxylation is 1. The van der Waals surface area contributed by atoms with E-state index in [-0.39, 0.29) is 11.0 Å². The summed E-state index contributed by atoms with van der Waals surface area (Å²) >= 11 is 0. The van der Waals surface area contributed by atoms with Crippen molar-refractivity contribution in [3.8, 4) is 0 Å². The number of H-pyrrole nitrogens is 1. The number of benzene rings is 1. The van der Waals surface area contributed by atoms with Crippen molar-refractivity contribution in [3.63, 3.8) is 0 Å². The van der Waals surface area contributed by atoms with E-state index in [1.165, 1.54) is 6.07 Å². The van der Waals surface area contributed by atoms with Crippen LogP contribution >= 0.6 is 0 Å². The molecule has 0 aliphatic heterocycles. The van der Waals surface area contributed by atoms with Crippen LogP contribution in [0.1, 0.15) is 5.69 Å². The number of rotatable bonds is 0. The Labute approximate surface area is 80.0 Å². The van der Waals surface area contributed by atoms with Gasteiger partial charge >= 0.3 is 0 Å². The van der Waals surface area contributed by atoms with Crippen molar-refractivity contribution in [2.75, 3.05) is 0 Å². The number of aromatic amines is 1. The van der Waals surface area contributed by atoms with Gasteiger partial charge in [0.25, 0.3) is 5.56 Å². The third kappa shape index (κ3) is 1.33. The summed E-state index contributed by atoms with van der Waals surface area (Å²) in [5.74, 6) is 0. The second kappa shape index (κ2) is 3.10. The lowest BCUT2D eigenvalue weighted by Gasteiger charge is -1.86. The average molecular weight is 187 g/mol. The van der Waals surface area contributed by atoms with Gasteiger partial charge in [-0.05, 0) is 13.0 Å². The molecular weight excluding hydrogens is 178 g/mol. The fourth-order valence-electron chi connectivity index (χ4n) is 1.45. The molecule has 1 aromatic heterocycles. The molecular formula is C11H9NO2. The Hall–Kier alpha value is -1.90. The molecule has 0 saturated carbocycles. The average Bonchev–Trinajstić information content (AvgIpc) is 2.26.